The van der Waals surface area contributed by atoms with Crippen LogP contribution >= 0.6 is 0 Å². The van der Waals surface area contributed by atoms with Crippen LogP contribution in [0.15, 0.2) is 0 Å². The third-order valence-electron chi connectivity index (χ3n) is 9.29. The molecule has 4 heteroatoms. The van der Waals surface area contributed by atoms with Gasteiger partial charge in [0, 0.05) is 12.3 Å². The molecule has 1 N–H and O–H groups in total. The van der Waals surface area contributed by atoms with Crippen molar-refractivity contribution in [3.63, 3.8) is 0 Å². The van der Waals surface area contributed by atoms with E-state index in [9.17, 15) is 15.2 Å². The summed E-state index contributed by atoms with van der Waals surface area (Å²) in [6.07, 6.45) is 9.40. The van der Waals surface area contributed by atoms with Crippen molar-refractivity contribution in [3.8, 4) is 6.07 Å². The second kappa shape index (κ2) is 5.96. The summed E-state index contributed by atoms with van der Waals surface area (Å²) in [6.45, 7) is 6.17. The highest BCUT2D eigenvalue weighted by Gasteiger charge is 2.65. The van der Waals surface area contributed by atoms with E-state index in [-0.39, 0.29) is 17.5 Å². The van der Waals surface area contributed by atoms with Crippen molar-refractivity contribution >= 4 is 5.97 Å². The van der Waals surface area contributed by atoms with Crippen LogP contribution in [0, 0.1) is 45.8 Å². The predicted octanol–water partition coefficient (Wildman–Crippen LogP) is 4.22. The van der Waals surface area contributed by atoms with E-state index in [1.807, 2.05) is 0 Å². The highest BCUT2D eigenvalue weighted by atomic mass is 16.5. The molecule has 0 spiro atoms. The van der Waals surface area contributed by atoms with E-state index < -0.39 is 5.60 Å². The molecule has 144 valence electrons. The van der Waals surface area contributed by atoms with Crippen LogP contribution in [0.2, 0.25) is 0 Å². The highest BCUT2D eigenvalue weighted by molar-refractivity contribution is 5.66. The number of esters is 1. The van der Waals surface area contributed by atoms with Crippen LogP contribution in [0.3, 0.4) is 0 Å². The molecular weight excluding hydrogens is 326 g/mol. The molecule has 0 heterocycles. The third kappa shape index (κ3) is 2.39. The van der Waals surface area contributed by atoms with Gasteiger partial charge >= 0.3 is 5.97 Å². The number of nitriles is 1. The van der Waals surface area contributed by atoms with E-state index in [0.29, 0.717) is 35.5 Å². The Morgan fingerprint density at radius 3 is 2.50 bits per heavy atom. The first-order chi connectivity index (χ1) is 12.2. The Morgan fingerprint density at radius 1 is 1.08 bits per heavy atom. The molecule has 0 unspecified atom stereocenters. The average Bonchev–Trinajstić information content (AvgIpc) is 2.87. The molecule has 26 heavy (non-hydrogen) atoms. The van der Waals surface area contributed by atoms with Gasteiger partial charge in [0.05, 0.1) is 6.07 Å². The van der Waals surface area contributed by atoms with Crippen molar-refractivity contribution in [1.29, 1.82) is 5.26 Å². The minimum atomic E-state index is -1.13. The molecule has 0 saturated heterocycles. The largest absolute Gasteiger partial charge is 0.463 e. The van der Waals surface area contributed by atoms with Gasteiger partial charge in [-0.1, -0.05) is 13.8 Å². The van der Waals surface area contributed by atoms with Gasteiger partial charge in [0.1, 0.15) is 6.10 Å². The van der Waals surface area contributed by atoms with Gasteiger partial charge in [-0.05, 0) is 86.9 Å². The molecule has 4 rings (SSSR count). The maximum absolute atomic E-state index is 11.4. The fourth-order valence-corrected chi connectivity index (χ4v) is 7.76. The number of rotatable bonds is 1. The van der Waals surface area contributed by atoms with Gasteiger partial charge in [-0.3, -0.25) is 4.79 Å². The van der Waals surface area contributed by atoms with Crippen LogP contribution in [0.5, 0.6) is 0 Å². The van der Waals surface area contributed by atoms with Gasteiger partial charge in [-0.15, -0.1) is 0 Å². The van der Waals surface area contributed by atoms with Crippen LogP contribution in [-0.2, 0) is 9.53 Å². The number of aliphatic hydroxyl groups is 1. The fraction of sp³-hybridized carbons (Fsp3) is 0.909. The van der Waals surface area contributed by atoms with Gasteiger partial charge in [0.2, 0.25) is 0 Å². The molecule has 4 saturated carbocycles. The van der Waals surface area contributed by atoms with E-state index in [0.717, 1.165) is 38.5 Å². The van der Waals surface area contributed by atoms with Crippen molar-refractivity contribution in [3.05, 3.63) is 0 Å². The van der Waals surface area contributed by atoms with Gasteiger partial charge in [-0.25, -0.2) is 0 Å². The van der Waals surface area contributed by atoms with Crippen LogP contribution in [0.4, 0.5) is 0 Å². The lowest BCUT2D eigenvalue weighted by molar-refractivity contribution is -0.164. The van der Waals surface area contributed by atoms with E-state index in [1.54, 1.807) is 0 Å². The second-order valence-corrected chi connectivity index (χ2v) is 10.1. The Morgan fingerprint density at radius 2 is 1.81 bits per heavy atom. The summed E-state index contributed by atoms with van der Waals surface area (Å²) in [5.74, 6) is 2.31. The summed E-state index contributed by atoms with van der Waals surface area (Å²) >= 11 is 0. The molecule has 0 aromatic heterocycles. The molecule has 0 bridgehead atoms. The van der Waals surface area contributed by atoms with Crippen molar-refractivity contribution in [2.75, 3.05) is 0 Å². The summed E-state index contributed by atoms with van der Waals surface area (Å²) in [5, 5.41) is 20.6. The average molecular weight is 360 g/mol. The molecule has 4 aliphatic rings. The number of ether oxygens (including phenoxy) is 1. The van der Waals surface area contributed by atoms with Gasteiger partial charge in [0.25, 0.3) is 0 Å². The lowest BCUT2D eigenvalue weighted by Crippen LogP contribution is -2.56. The molecule has 0 radical (unpaired) electrons. The van der Waals surface area contributed by atoms with Crippen molar-refractivity contribution < 1.29 is 14.6 Å². The quantitative estimate of drug-likeness (QED) is 0.562. The molecule has 0 aromatic rings. The van der Waals surface area contributed by atoms with Crippen LogP contribution < -0.4 is 0 Å². The van der Waals surface area contributed by atoms with Gasteiger partial charge < -0.3 is 9.84 Å². The number of nitrogens with zero attached hydrogens (tertiary/aromatic N) is 1. The topological polar surface area (TPSA) is 70.3 Å². The van der Waals surface area contributed by atoms with E-state index in [4.69, 9.17) is 4.74 Å². The molecule has 8 atom stereocenters. The summed E-state index contributed by atoms with van der Waals surface area (Å²) in [7, 11) is 0. The monoisotopic (exact) mass is 359 g/mol. The molecule has 4 fully saturated rings. The SMILES string of the molecule is CC(=O)O[C@@H]1CC[C@@]2(C)[C@@H](CC[C@@H]3[C@H]2CC[C@@]2(C)[C@@H]3CC[C@]2(O)C#N)C1. The van der Waals surface area contributed by atoms with Gasteiger partial charge in [-0.2, -0.15) is 5.26 Å². The number of hydrogen-bond acceptors (Lipinski definition) is 4. The van der Waals surface area contributed by atoms with E-state index in [1.165, 1.54) is 19.8 Å². The summed E-state index contributed by atoms with van der Waals surface area (Å²) in [6, 6.07) is 2.27. The summed E-state index contributed by atoms with van der Waals surface area (Å²) in [5.41, 5.74) is -1.04. The Kier molecular flexibility index (Phi) is 4.19. The number of hydrogen-bond donors (Lipinski definition) is 1. The first-order valence-electron chi connectivity index (χ1n) is 10.5. The Hall–Kier alpha value is -1.08. The van der Waals surface area contributed by atoms with Crippen LogP contribution in [-0.4, -0.2) is 22.8 Å². The maximum Gasteiger partial charge on any atom is 0.302 e. The van der Waals surface area contributed by atoms with Crippen LogP contribution in [0.25, 0.3) is 0 Å². The van der Waals surface area contributed by atoms with Crippen molar-refractivity contribution in [2.24, 2.45) is 34.5 Å². The molecule has 0 aromatic carbocycles. The lowest BCUT2D eigenvalue weighted by Gasteiger charge is -2.61. The normalized spacial score (nSPS) is 53.0. The minimum absolute atomic E-state index is 0.103. The Balaban J connectivity index is 1.56. The third-order valence-corrected chi connectivity index (χ3v) is 9.29. The number of carbonyl (C=O) groups excluding carboxylic acids is 1. The first-order valence-corrected chi connectivity index (χ1v) is 10.5. The summed E-state index contributed by atoms with van der Waals surface area (Å²) < 4.78 is 5.54. The zero-order valence-corrected chi connectivity index (χ0v) is 16.5. The standard InChI is InChI=1S/C22H33NO3/c1-14(24)26-16-6-9-20(2)15(12-16)4-5-17-18(20)7-10-21(3)19(17)8-11-22(21,25)13-23/h15-19,25H,4-12H2,1-3H3/t15-,16+,17+,18+,19+,20-,21-,22-/m0/s1. The number of fused-ring (bicyclic) bond motifs is 5. The molecule has 0 aliphatic heterocycles. The van der Waals surface area contributed by atoms with Crippen molar-refractivity contribution in [2.45, 2.75) is 90.3 Å². The van der Waals surface area contributed by atoms with Crippen LogP contribution in [0.1, 0.15) is 78.6 Å². The molecule has 0 amide bonds. The van der Waals surface area contributed by atoms with E-state index >= 15 is 0 Å². The first kappa shape index (κ1) is 18.3. The molecule has 4 nitrogen and oxygen atoms in total. The predicted molar refractivity (Wildman–Crippen MR) is 97.8 cm³/mol. The van der Waals surface area contributed by atoms with Gasteiger partial charge in [0.15, 0.2) is 5.60 Å². The fourth-order valence-electron chi connectivity index (χ4n) is 7.76. The zero-order chi connectivity index (χ0) is 18.7. The highest BCUT2D eigenvalue weighted by Crippen LogP contribution is 2.68. The molecule has 4 aliphatic carbocycles. The Labute approximate surface area is 157 Å². The molecular formula is C22H33NO3. The van der Waals surface area contributed by atoms with Crippen molar-refractivity contribution in [1.82, 2.24) is 0 Å². The van der Waals surface area contributed by atoms with E-state index in [2.05, 4.69) is 19.9 Å². The summed E-state index contributed by atoms with van der Waals surface area (Å²) in [4.78, 5) is 11.4. The smallest absolute Gasteiger partial charge is 0.302 e. The number of carbonyl (C=O) groups is 1. The zero-order valence-electron chi connectivity index (χ0n) is 16.5. The minimum Gasteiger partial charge on any atom is -0.463 e. The Bertz CT molecular complexity index is 642. The lowest BCUT2D eigenvalue weighted by atomic mass is 9.44. The second-order valence-electron chi connectivity index (χ2n) is 10.1. The maximum atomic E-state index is 11.4.